The fourth-order valence-corrected chi connectivity index (χ4v) is 2.18. The number of aromatic amines is 1. The normalized spacial score (nSPS) is 11.1. The average molecular weight is 261 g/mol. The fourth-order valence-electron chi connectivity index (χ4n) is 2.18. The van der Waals surface area contributed by atoms with Crippen molar-refractivity contribution in [2.45, 2.75) is 46.2 Å². The highest BCUT2D eigenvalue weighted by Gasteiger charge is 2.02. The lowest BCUT2D eigenvalue weighted by atomic mass is 10.1. The molecule has 2 aromatic rings. The van der Waals surface area contributed by atoms with Gasteiger partial charge >= 0.3 is 0 Å². The summed E-state index contributed by atoms with van der Waals surface area (Å²) in [7, 11) is 0. The molecule has 0 fully saturated rings. The Morgan fingerprint density at radius 1 is 1.42 bits per heavy atom. The van der Waals surface area contributed by atoms with Gasteiger partial charge in [-0.2, -0.15) is 5.10 Å². The van der Waals surface area contributed by atoms with Crippen LogP contribution < -0.4 is 5.32 Å². The number of aryl methyl sites for hydroxylation is 3. The van der Waals surface area contributed by atoms with Crippen LogP contribution in [0.25, 0.3) is 0 Å². The maximum atomic E-state index is 4.38. The highest BCUT2D eigenvalue weighted by Crippen LogP contribution is 2.05. The first-order valence-electron chi connectivity index (χ1n) is 7.00. The summed E-state index contributed by atoms with van der Waals surface area (Å²) in [6, 6.07) is 0. The Morgan fingerprint density at radius 3 is 3.05 bits per heavy atom. The second-order valence-corrected chi connectivity index (χ2v) is 4.84. The van der Waals surface area contributed by atoms with Gasteiger partial charge in [0.05, 0.1) is 12.7 Å². The SMILES string of the molecule is CCCn1ccnc1CNCCCc1cn[nH]c1C. The lowest BCUT2D eigenvalue weighted by Gasteiger charge is -2.07. The number of nitrogens with one attached hydrogen (secondary N) is 2. The molecule has 0 aliphatic heterocycles. The molecule has 0 saturated heterocycles. The highest BCUT2D eigenvalue weighted by atomic mass is 15.1. The fraction of sp³-hybridized carbons (Fsp3) is 0.571. The summed E-state index contributed by atoms with van der Waals surface area (Å²) < 4.78 is 2.22. The smallest absolute Gasteiger partial charge is 0.122 e. The van der Waals surface area contributed by atoms with Gasteiger partial charge in [-0.1, -0.05) is 6.92 Å². The Labute approximate surface area is 114 Å². The molecule has 5 nitrogen and oxygen atoms in total. The van der Waals surface area contributed by atoms with E-state index in [4.69, 9.17) is 0 Å². The van der Waals surface area contributed by atoms with Gasteiger partial charge in [-0.15, -0.1) is 0 Å². The van der Waals surface area contributed by atoms with Crippen LogP contribution in [0.4, 0.5) is 0 Å². The molecule has 0 saturated carbocycles. The number of aromatic nitrogens is 4. The van der Waals surface area contributed by atoms with Crippen LogP contribution in [-0.2, 0) is 19.5 Å². The molecule has 0 radical (unpaired) electrons. The van der Waals surface area contributed by atoms with Crippen molar-refractivity contribution in [3.8, 4) is 0 Å². The molecule has 0 spiro atoms. The Bertz CT molecular complexity index is 485. The summed E-state index contributed by atoms with van der Waals surface area (Å²) in [6.45, 7) is 7.15. The van der Waals surface area contributed by atoms with Gasteiger partial charge in [-0.3, -0.25) is 5.10 Å². The van der Waals surface area contributed by atoms with Crippen molar-refractivity contribution >= 4 is 0 Å². The molecule has 0 aliphatic carbocycles. The largest absolute Gasteiger partial charge is 0.334 e. The summed E-state index contributed by atoms with van der Waals surface area (Å²) in [5, 5.41) is 10.5. The van der Waals surface area contributed by atoms with Crippen molar-refractivity contribution in [1.82, 2.24) is 25.1 Å². The molecule has 0 amide bonds. The van der Waals surface area contributed by atoms with E-state index in [2.05, 4.69) is 45.1 Å². The second kappa shape index (κ2) is 7.09. The monoisotopic (exact) mass is 261 g/mol. The van der Waals surface area contributed by atoms with Crippen LogP contribution in [0.3, 0.4) is 0 Å². The minimum atomic E-state index is 0.845. The van der Waals surface area contributed by atoms with Crippen molar-refractivity contribution in [3.63, 3.8) is 0 Å². The van der Waals surface area contributed by atoms with Crippen LogP contribution in [-0.4, -0.2) is 26.3 Å². The van der Waals surface area contributed by atoms with E-state index in [9.17, 15) is 0 Å². The van der Waals surface area contributed by atoms with Crippen LogP contribution in [0.5, 0.6) is 0 Å². The predicted octanol–water partition coefficient (Wildman–Crippen LogP) is 2.05. The molecule has 0 aliphatic rings. The second-order valence-electron chi connectivity index (χ2n) is 4.84. The summed E-state index contributed by atoms with van der Waals surface area (Å²) in [5.41, 5.74) is 2.49. The molecule has 19 heavy (non-hydrogen) atoms. The molecule has 0 unspecified atom stereocenters. The molecule has 2 rings (SSSR count). The molecule has 2 aromatic heterocycles. The zero-order valence-corrected chi connectivity index (χ0v) is 11.8. The first kappa shape index (κ1) is 13.8. The van der Waals surface area contributed by atoms with Gasteiger partial charge in [0.15, 0.2) is 0 Å². The number of hydrogen-bond acceptors (Lipinski definition) is 3. The summed E-state index contributed by atoms with van der Waals surface area (Å²) in [5.74, 6) is 1.13. The van der Waals surface area contributed by atoms with E-state index in [0.717, 1.165) is 44.7 Å². The number of rotatable bonds is 8. The maximum Gasteiger partial charge on any atom is 0.122 e. The predicted molar refractivity (Wildman–Crippen MR) is 75.9 cm³/mol. The van der Waals surface area contributed by atoms with Gasteiger partial charge in [0, 0.05) is 24.6 Å². The van der Waals surface area contributed by atoms with Gasteiger partial charge in [-0.05, 0) is 38.3 Å². The molecule has 0 aromatic carbocycles. The number of nitrogens with zero attached hydrogens (tertiary/aromatic N) is 3. The van der Waals surface area contributed by atoms with E-state index in [-0.39, 0.29) is 0 Å². The van der Waals surface area contributed by atoms with Crippen molar-refractivity contribution < 1.29 is 0 Å². The van der Waals surface area contributed by atoms with E-state index < -0.39 is 0 Å². The Hall–Kier alpha value is -1.62. The van der Waals surface area contributed by atoms with Gasteiger partial charge in [0.25, 0.3) is 0 Å². The molecule has 2 N–H and O–H groups in total. The third kappa shape index (κ3) is 3.92. The molecular formula is C14H23N5. The zero-order chi connectivity index (χ0) is 13.5. The van der Waals surface area contributed by atoms with Crippen LogP contribution in [0.1, 0.15) is 36.8 Å². The molecule has 2 heterocycles. The van der Waals surface area contributed by atoms with E-state index >= 15 is 0 Å². The maximum absolute atomic E-state index is 4.38. The lowest BCUT2D eigenvalue weighted by Crippen LogP contribution is -2.18. The Kier molecular flexibility index (Phi) is 5.15. The van der Waals surface area contributed by atoms with Crippen molar-refractivity contribution in [2.75, 3.05) is 6.54 Å². The van der Waals surface area contributed by atoms with Gasteiger partial charge in [0.2, 0.25) is 0 Å². The van der Waals surface area contributed by atoms with Crippen LogP contribution in [0, 0.1) is 6.92 Å². The quantitative estimate of drug-likeness (QED) is 0.715. The van der Waals surface area contributed by atoms with E-state index in [0.29, 0.717) is 0 Å². The van der Waals surface area contributed by atoms with Gasteiger partial charge in [-0.25, -0.2) is 4.98 Å². The number of hydrogen-bond donors (Lipinski definition) is 2. The summed E-state index contributed by atoms with van der Waals surface area (Å²) in [4.78, 5) is 4.38. The minimum Gasteiger partial charge on any atom is -0.334 e. The Balaban J connectivity index is 1.66. The lowest BCUT2D eigenvalue weighted by molar-refractivity contribution is 0.578. The first-order chi connectivity index (χ1) is 9.31. The van der Waals surface area contributed by atoms with E-state index in [1.54, 1.807) is 0 Å². The van der Waals surface area contributed by atoms with Crippen molar-refractivity contribution in [3.05, 3.63) is 35.7 Å². The van der Waals surface area contributed by atoms with E-state index in [1.807, 2.05) is 12.4 Å². The average Bonchev–Trinajstić information content (AvgIpc) is 3.00. The van der Waals surface area contributed by atoms with Gasteiger partial charge < -0.3 is 9.88 Å². The Morgan fingerprint density at radius 2 is 2.32 bits per heavy atom. The zero-order valence-electron chi connectivity index (χ0n) is 11.8. The molecule has 104 valence electrons. The molecule has 0 atom stereocenters. The van der Waals surface area contributed by atoms with Crippen molar-refractivity contribution in [2.24, 2.45) is 0 Å². The van der Waals surface area contributed by atoms with E-state index in [1.165, 1.54) is 11.3 Å². The minimum absolute atomic E-state index is 0.845. The van der Waals surface area contributed by atoms with Crippen LogP contribution >= 0.6 is 0 Å². The number of imidazole rings is 1. The first-order valence-corrected chi connectivity index (χ1v) is 7.00. The molecule has 0 bridgehead atoms. The molecular weight excluding hydrogens is 238 g/mol. The third-order valence-electron chi connectivity index (χ3n) is 3.28. The molecule has 5 heteroatoms. The van der Waals surface area contributed by atoms with Crippen molar-refractivity contribution in [1.29, 1.82) is 0 Å². The van der Waals surface area contributed by atoms with Crippen LogP contribution in [0.2, 0.25) is 0 Å². The number of H-pyrrole nitrogens is 1. The highest BCUT2D eigenvalue weighted by molar-refractivity contribution is 5.14. The standard InChI is InChI=1S/C14H23N5/c1-3-8-19-9-7-16-14(19)11-15-6-4-5-13-10-17-18-12(13)2/h7,9-10,15H,3-6,8,11H2,1-2H3,(H,17,18). The summed E-state index contributed by atoms with van der Waals surface area (Å²) in [6.07, 6.45) is 9.18. The van der Waals surface area contributed by atoms with Gasteiger partial charge in [0.1, 0.15) is 5.82 Å². The third-order valence-corrected chi connectivity index (χ3v) is 3.28. The summed E-state index contributed by atoms with van der Waals surface area (Å²) >= 11 is 0. The topological polar surface area (TPSA) is 58.5 Å². The van der Waals surface area contributed by atoms with Crippen LogP contribution in [0.15, 0.2) is 18.6 Å².